The lowest BCUT2D eigenvalue weighted by molar-refractivity contribution is 0.193. The maximum Gasteiger partial charge on any atom is 0.0934 e. The summed E-state index contributed by atoms with van der Waals surface area (Å²) in [6.45, 7) is 5.68. The van der Waals surface area contributed by atoms with Gasteiger partial charge in [0.1, 0.15) is 0 Å². The molecule has 1 aromatic rings. The van der Waals surface area contributed by atoms with Crippen molar-refractivity contribution < 1.29 is 5.11 Å². The molecule has 0 saturated carbocycles. The summed E-state index contributed by atoms with van der Waals surface area (Å²) in [6.07, 6.45) is 1.31. The van der Waals surface area contributed by atoms with Crippen LogP contribution in [0, 0.1) is 13.8 Å². The first-order chi connectivity index (χ1) is 5.11. The summed E-state index contributed by atoms with van der Waals surface area (Å²) in [6, 6.07) is 2.02. The van der Waals surface area contributed by atoms with Crippen molar-refractivity contribution in [2.24, 2.45) is 0 Å². The topological polar surface area (TPSA) is 33.1 Å². The number of aliphatic hydroxyl groups is 1. The van der Waals surface area contributed by atoms with Crippen LogP contribution in [0.2, 0.25) is 0 Å². The van der Waals surface area contributed by atoms with Gasteiger partial charge in [0.25, 0.3) is 0 Å². The number of rotatable bonds is 1. The maximum atomic E-state index is 9.23. The van der Waals surface area contributed by atoms with Crippen molar-refractivity contribution in [3.8, 4) is 0 Å². The van der Waals surface area contributed by atoms with Crippen LogP contribution in [0.15, 0.2) is 12.3 Å². The van der Waals surface area contributed by atoms with Gasteiger partial charge in [0, 0.05) is 6.20 Å². The van der Waals surface area contributed by atoms with E-state index < -0.39 is 6.10 Å². The number of hydrogen-bond acceptors (Lipinski definition) is 2. The minimum Gasteiger partial charge on any atom is -0.387 e. The van der Waals surface area contributed by atoms with Crippen LogP contribution < -0.4 is 0 Å². The van der Waals surface area contributed by atoms with Gasteiger partial charge in [-0.3, -0.25) is 4.98 Å². The molecular weight excluding hydrogens is 138 g/mol. The molecule has 0 aliphatic rings. The molecule has 0 amide bonds. The van der Waals surface area contributed by atoms with Crippen molar-refractivity contribution in [2.75, 3.05) is 0 Å². The minimum absolute atomic E-state index is 0.462. The van der Waals surface area contributed by atoms with Crippen molar-refractivity contribution in [1.29, 1.82) is 0 Å². The van der Waals surface area contributed by atoms with Crippen molar-refractivity contribution in [3.05, 3.63) is 29.1 Å². The molecule has 0 bridgehead atoms. The SMILES string of the molecule is Cc1cnc([C@H](C)O)c(C)c1. The van der Waals surface area contributed by atoms with E-state index in [1.165, 1.54) is 0 Å². The summed E-state index contributed by atoms with van der Waals surface area (Å²) in [5.74, 6) is 0. The van der Waals surface area contributed by atoms with Crippen molar-refractivity contribution in [1.82, 2.24) is 4.98 Å². The van der Waals surface area contributed by atoms with Crippen LogP contribution in [0.4, 0.5) is 0 Å². The fraction of sp³-hybridized carbons (Fsp3) is 0.444. The van der Waals surface area contributed by atoms with Crippen molar-refractivity contribution >= 4 is 0 Å². The first-order valence-corrected chi connectivity index (χ1v) is 3.72. The lowest BCUT2D eigenvalue weighted by Crippen LogP contribution is -1.98. The molecule has 1 heterocycles. The predicted octanol–water partition coefficient (Wildman–Crippen LogP) is 1.75. The molecule has 0 aromatic carbocycles. The zero-order chi connectivity index (χ0) is 8.43. The average molecular weight is 151 g/mol. The van der Waals surface area contributed by atoms with Gasteiger partial charge in [-0.25, -0.2) is 0 Å². The highest BCUT2D eigenvalue weighted by atomic mass is 16.3. The second-order valence-electron chi connectivity index (χ2n) is 2.89. The van der Waals surface area contributed by atoms with Crippen LogP contribution in [0.1, 0.15) is 29.8 Å². The Bertz CT molecular complexity index is 256. The number of nitrogens with zero attached hydrogens (tertiary/aromatic N) is 1. The smallest absolute Gasteiger partial charge is 0.0934 e. The standard InChI is InChI=1S/C9H13NO/c1-6-4-7(2)9(8(3)11)10-5-6/h4-5,8,11H,1-3H3/t8-/m0/s1. The second-order valence-corrected chi connectivity index (χ2v) is 2.89. The van der Waals surface area contributed by atoms with E-state index in [0.717, 1.165) is 16.8 Å². The normalized spacial score (nSPS) is 13.1. The third-order valence-electron chi connectivity index (χ3n) is 1.65. The highest BCUT2D eigenvalue weighted by molar-refractivity contribution is 5.24. The van der Waals surface area contributed by atoms with Gasteiger partial charge in [0.15, 0.2) is 0 Å². The number of aliphatic hydroxyl groups excluding tert-OH is 1. The molecule has 0 spiro atoms. The lowest BCUT2D eigenvalue weighted by Gasteiger charge is -2.07. The number of aryl methyl sites for hydroxylation is 2. The summed E-state index contributed by atoms with van der Waals surface area (Å²) in [4.78, 5) is 4.13. The molecule has 1 atom stereocenters. The monoisotopic (exact) mass is 151 g/mol. The Morgan fingerprint density at radius 3 is 2.55 bits per heavy atom. The predicted molar refractivity (Wildman–Crippen MR) is 44.3 cm³/mol. The molecule has 60 valence electrons. The molecular formula is C9H13NO. The average Bonchev–Trinajstić information content (AvgIpc) is 1.85. The summed E-state index contributed by atoms with van der Waals surface area (Å²) in [7, 11) is 0. The maximum absolute atomic E-state index is 9.23. The van der Waals surface area contributed by atoms with E-state index in [1.54, 1.807) is 13.1 Å². The Kier molecular flexibility index (Phi) is 2.25. The van der Waals surface area contributed by atoms with E-state index >= 15 is 0 Å². The number of pyridine rings is 1. The molecule has 1 aromatic heterocycles. The molecule has 0 aliphatic carbocycles. The van der Waals surface area contributed by atoms with Gasteiger partial charge in [-0.2, -0.15) is 0 Å². The van der Waals surface area contributed by atoms with Crippen molar-refractivity contribution in [2.45, 2.75) is 26.9 Å². The highest BCUT2D eigenvalue weighted by Crippen LogP contribution is 2.14. The molecule has 0 aliphatic heterocycles. The molecule has 0 radical (unpaired) electrons. The first kappa shape index (κ1) is 8.21. The Balaban J connectivity index is 3.09. The number of hydrogen-bond donors (Lipinski definition) is 1. The van der Waals surface area contributed by atoms with Gasteiger partial charge in [0.2, 0.25) is 0 Å². The van der Waals surface area contributed by atoms with Crippen LogP contribution in [-0.2, 0) is 0 Å². The molecule has 0 fully saturated rings. The van der Waals surface area contributed by atoms with E-state index in [-0.39, 0.29) is 0 Å². The summed E-state index contributed by atoms with van der Waals surface area (Å²) >= 11 is 0. The van der Waals surface area contributed by atoms with Gasteiger partial charge in [-0.15, -0.1) is 0 Å². The van der Waals surface area contributed by atoms with E-state index in [9.17, 15) is 5.11 Å². The quantitative estimate of drug-likeness (QED) is 0.663. The number of aromatic nitrogens is 1. The second kappa shape index (κ2) is 3.01. The Morgan fingerprint density at radius 1 is 1.45 bits per heavy atom. The van der Waals surface area contributed by atoms with E-state index in [0.29, 0.717) is 0 Å². The molecule has 2 heteroatoms. The first-order valence-electron chi connectivity index (χ1n) is 3.72. The fourth-order valence-electron chi connectivity index (χ4n) is 1.16. The largest absolute Gasteiger partial charge is 0.387 e. The van der Waals surface area contributed by atoms with Crippen molar-refractivity contribution in [3.63, 3.8) is 0 Å². The Morgan fingerprint density at radius 2 is 2.09 bits per heavy atom. The molecule has 0 saturated heterocycles. The molecule has 0 unspecified atom stereocenters. The van der Waals surface area contributed by atoms with Gasteiger partial charge >= 0.3 is 0 Å². The zero-order valence-corrected chi connectivity index (χ0v) is 7.13. The summed E-state index contributed by atoms with van der Waals surface area (Å²) < 4.78 is 0. The van der Waals surface area contributed by atoms with Crippen LogP contribution in [0.3, 0.4) is 0 Å². The van der Waals surface area contributed by atoms with Crippen LogP contribution in [-0.4, -0.2) is 10.1 Å². The zero-order valence-electron chi connectivity index (χ0n) is 7.13. The highest BCUT2D eigenvalue weighted by Gasteiger charge is 2.04. The van der Waals surface area contributed by atoms with E-state index in [1.807, 2.05) is 19.9 Å². The summed E-state index contributed by atoms with van der Waals surface area (Å²) in [5, 5.41) is 9.23. The molecule has 2 nitrogen and oxygen atoms in total. The molecule has 1 N–H and O–H groups in total. The molecule has 11 heavy (non-hydrogen) atoms. The Labute approximate surface area is 66.9 Å². The van der Waals surface area contributed by atoms with Gasteiger partial charge in [0.05, 0.1) is 11.8 Å². The van der Waals surface area contributed by atoms with Crippen LogP contribution >= 0.6 is 0 Å². The van der Waals surface area contributed by atoms with E-state index in [4.69, 9.17) is 0 Å². The van der Waals surface area contributed by atoms with Gasteiger partial charge < -0.3 is 5.11 Å². The van der Waals surface area contributed by atoms with Crippen LogP contribution in [0.5, 0.6) is 0 Å². The third-order valence-corrected chi connectivity index (χ3v) is 1.65. The van der Waals surface area contributed by atoms with Gasteiger partial charge in [-0.05, 0) is 31.9 Å². The third kappa shape index (κ3) is 1.77. The van der Waals surface area contributed by atoms with E-state index in [2.05, 4.69) is 4.98 Å². The summed E-state index contributed by atoms with van der Waals surface area (Å²) in [5.41, 5.74) is 2.96. The minimum atomic E-state index is -0.462. The fourth-order valence-corrected chi connectivity index (χ4v) is 1.16. The van der Waals surface area contributed by atoms with Gasteiger partial charge in [-0.1, -0.05) is 6.07 Å². The lowest BCUT2D eigenvalue weighted by atomic mass is 10.1. The van der Waals surface area contributed by atoms with Crippen LogP contribution in [0.25, 0.3) is 0 Å². The Hall–Kier alpha value is -0.890. The molecule has 1 rings (SSSR count).